The van der Waals surface area contributed by atoms with Crippen molar-refractivity contribution < 1.29 is 42.3 Å². The third-order valence-electron chi connectivity index (χ3n) is 4.45. The van der Waals surface area contributed by atoms with Crippen molar-refractivity contribution in [3.05, 3.63) is 12.7 Å². The maximum Gasteiger partial charge on any atom is 0.303 e. The van der Waals surface area contributed by atoms with E-state index >= 15 is 0 Å². The van der Waals surface area contributed by atoms with Crippen molar-refractivity contribution in [3.8, 4) is 0 Å². The van der Waals surface area contributed by atoms with Crippen LogP contribution in [0.5, 0.6) is 0 Å². The number of carbonyl (C=O) groups excluding carboxylic acids is 3. The molecule has 174 valence electrons. The van der Waals surface area contributed by atoms with Crippen LogP contribution in [0.4, 0.5) is 0 Å². The Bertz CT molecular complexity index is 1030. The molecule has 2 aromatic rings. The quantitative estimate of drug-likeness (QED) is 0.317. The first kappa shape index (κ1) is 23.7. The number of nitrogens with one attached hydrogen (secondary N) is 1. The minimum absolute atomic E-state index is 0.165. The Balaban J connectivity index is 1.95. The number of esters is 3. The predicted molar refractivity (Wildman–Crippen MR) is 105 cm³/mol. The number of H-pyrrole nitrogens is 1. The second kappa shape index (κ2) is 10.1. The summed E-state index contributed by atoms with van der Waals surface area (Å²) in [7, 11) is -0.482. The molecule has 0 amide bonds. The van der Waals surface area contributed by atoms with E-state index in [0.29, 0.717) is 11.2 Å². The second-order valence-electron chi connectivity index (χ2n) is 6.79. The second-order valence-corrected chi connectivity index (χ2v) is 8.20. The fourth-order valence-electron chi connectivity index (χ4n) is 3.32. The van der Waals surface area contributed by atoms with E-state index in [9.17, 15) is 18.6 Å². The number of rotatable bonds is 7. The van der Waals surface area contributed by atoms with Crippen LogP contribution in [0.25, 0.3) is 11.2 Å². The molecule has 14 heteroatoms. The van der Waals surface area contributed by atoms with Crippen molar-refractivity contribution >= 4 is 39.9 Å². The zero-order valence-corrected chi connectivity index (χ0v) is 18.5. The molecule has 1 saturated heterocycles. The molecule has 32 heavy (non-hydrogen) atoms. The Kier molecular flexibility index (Phi) is 7.48. The normalized spacial score (nSPS) is 26.3. The van der Waals surface area contributed by atoms with E-state index in [0.717, 1.165) is 20.8 Å². The topological polar surface area (TPSA) is 169 Å². The minimum atomic E-state index is -1.78. The van der Waals surface area contributed by atoms with Crippen molar-refractivity contribution in [2.24, 2.45) is 0 Å². The smallest absolute Gasteiger partial charge is 0.303 e. The molecule has 3 rings (SSSR count). The van der Waals surface area contributed by atoms with Crippen molar-refractivity contribution in [2.45, 2.75) is 56.5 Å². The molecule has 0 radical (unpaired) electrons. The van der Waals surface area contributed by atoms with Crippen molar-refractivity contribution in [1.29, 1.82) is 0 Å². The van der Waals surface area contributed by atoms with Gasteiger partial charge in [0.25, 0.3) is 0 Å². The first-order valence-corrected chi connectivity index (χ1v) is 10.8. The van der Waals surface area contributed by atoms with Gasteiger partial charge in [0.15, 0.2) is 35.3 Å². The van der Waals surface area contributed by atoms with Crippen molar-refractivity contribution in [2.75, 3.05) is 12.9 Å². The van der Waals surface area contributed by atoms with Gasteiger partial charge in [0.2, 0.25) is 0 Å². The molecule has 0 saturated carbocycles. The van der Waals surface area contributed by atoms with E-state index in [1.165, 1.54) is 19.8 Å². The van der Waals surface area contributed by atoms with Gasteiger partial charge in [-0.3, -0.25) is 18.6 Å². The minimum Gasteiger partial charge on any atom is -0.456 e. The van der Waals surface area contributed by atoms with E-state index < -0.39 is 59.4 Å². The monoisotopic (exact) mass is 470 g/mol. The number of methoxy groups -OCH3 is 1. The number of nitrogens with zero attached hydrogens (tertiary/aromatic N) is 3. The third-order valence-corrected chi connectivity index (χ3v) is 5.82. The fourth-order valence-corrected chi connectivity index (χ4v) is 4.59. The first-order chi connectivity index (χ1) is 15.2. The van der Waals surface area contributed by atoms with Gasteiger partial charge in [-0.2, -0.15) is 0 Å². The Morgan fingerprint density at radius 3 is 2.25 bits per heavy atom. The summed E-state index contributed by atoms with van der Waals surface area (Å²) >= 11 is 0. The highest BCUT2D eigenvalue weighted by Crippen LogP contribution is 2.30. The summed E-state index contributed by atoms with van der Waals surface area (Å²) in [5.74, 6) is -2.32. The lowest BCUT2D eigenvalue weighted by Crippen LogP contribution is -2.62. The molecule has 6 atom stereocenters. The lowest BCUT2D eigenvalue weighted by molar-refractivity contribution is -0.294. The SMILES string of the molecule is CO[C@H]1O[C@H](CS(=O)c2ncnc3nc[nH]c23)[C@@H](OC(C)=O)[C@H](OC(C)=O)[C@H]1OC(C)=O. The number of hydrogen-bond donors (Lipinski definition) is 1. The molecule has 0 aromatic carbocycles. The van der Waals surface area contributed by atoms with E-state index in [-0.39, 0.29) is 10.8 Å². The maximum absolute atomic E-state index is 13.2. The van der Waals surface area contributed by atoms with Gasteiger partial charge in [0, 0.05) is 27.9 Å². The van der Waals surface area contributed by atoms with Crippen LogP contribution in [0, 0.1) is 0 Å². The molecule has 1 unspecified atom stereocenters. The predicted octanol–water partition coefficient (Wildman–Crippen LogP) is -0.373. The lowest BCUT2D eigenvalue weighted by atomic mass is 9.98. The standard InChI is InChI=1S/C18H22N4O9S/c1-8(23)28-13-11(5-32(26)17-12-16(20-6-19-12)21-7-22-17)31-18(27-4)15(30-10(3)25)14(13)29-9(2)24/h6-7,11,13-15,18H,5H2,1-4H3,(H,19,20,21,22)/t11-,13-,14+,15-,18+,32?/m1/s1. The number of ether oxygens (including phenoxy) is 5. The van der Waals surface area contributed by atoms with Crippen molar-refractivity contribution in [3.63, 3.8) is 0 Å². The lowest BCUT2D eigenvalue weighted by Gasteiger charge is -2.43. The Morgan fingerprint density at radius 1 is 1.00 bits per heavy atom. The summed E-state index contributed by atoms with van der Waals surface area (Å²) in [6, 6.07) is 0. The third kappa shape index (κ3) is 5.26. The fraction of sp³-hybridized carbons (Fsp3) is 0.556. The van der Waals surface area contributed by atoms with E-state index in [1.54, 1.807) is 0 Å². The van der Waals surface area contributed by atoms with Crippen LogP contribution >= 0.6 is 0 Å². The molecule has 1 fully saturated rings. The molecule has 0 aliphatic carbocycles. The molecule has 0 bridgehead atoms. The molecule has 0 spiro atoms. The van der Waals surface area contributed by atoms with Crippen LogP contribution in [0.15, 0.2) is 17.7 Å². The van der Waals surface area contributed by atoms with Gasteiger partial charge in [-0.15, -0.1) is 0 Å². The summed E-state index contributed by atoms with van der Waals surface area (Å²) in [5, 5.41) is 0.165. The molecule has 1 aliphatic heterocycles. The molecule has 1 N–H and O–H groups in total. The van der Waals surface area contributed by atoms with Gasteiger partial charge in [0.1, 0.15) is 17.9 Å². The number of fused-ring (bicyclic) bond motifs is 1. The maximum atomic E-state index is 13.2. The van der Waals surface area contributed by atoms with Crippen LogP contribution in [0.1, 0.15) is 20.8 Å². The van der Waals surface area contributed by atoms with Gasteiger partial charge < -0.3 is 28.7 Å². The van der Waals surface area contributed by atoms with Crippen LogP contribution in [-0.2, 0) is 48.9 Å². The molecular weight excluding hydrogens is 448 g/mol. The average molecular weight is 470 g/mol. The molecule has 13 nitrogen and oxygen atoms in total. The van der Waals surface area contributed by atoms with Gasteiger partial charge >= 0.3 is 17.9 Å². The van der Waals surface area contributed by atoms with Crippen LogP contribution in [-0.4, -0.2) is 85.6 Å². The zero-order valence-electron chi connectivity index (χ0n) is 17.7. The molecular formula is C18H22N4O9S. The Hall–Kier alpha value is -2.97. The van der Waals surface area contributed by atoms with Crippen molar-refractivity contribution in [1.82, 2.24) is 19.9 Å². The van der Waals surface area contributed by atoms with E-state index in [4.69, 9.17) is 23.7 Å². The van der Waals surface area contributed by atoms with Gasteiger partial charge in [-0.25, -0.2) is 15.0 Å². The number of aromatic nitrogens is 4. The van der Waals surface area contributed by atoms with Crippen LogP contribution < -0.4 is 0 Å². The van der Waals surface area contributed by atoms with Crippen LogP contribution in [0.3, 0.4) is 0 Å². The number of imidazole rings is 1. The highest BCUT2D eigenvalue weighted by Gasteiger charge is 2.52. The first-order valence-electron chi connectivity index (χ1n) is 9.43. The molecule has 2 aromatic heterocycles. The highest BCUT2D eigenvalue weighted by molar-refractivity contribution is 7.85. The Labute approximate surface area is 184 Å². The van der Waals surface area contributed by atoms with Gasteiger partial charge in [-0.1, -0.05) is 0 Å². The number of aromatic amines is 1. The molecule has 1 aliphatic rings. The number of hydrogen-bond acceptors (Lipinski definition) is 12. The highest BCUT2D eigenvalue weighted by atomic mass is 32.2. The Morgan fingerprint density at radius 2 is 1.62 bits per heavy atom. The van der Waals surface area contributed by atoms with E-state index in [2.05, 4.69) is 19.9 Å². The van der Waals surface area contributed by atoms with Gasteiger partial charge in [-0.05, 0) is 0 Å². The van der Waals surface area contributed by atoms with E-state index in [1.807, 2.05) is 0 Å². The largest absolute Gasteiger partial charge is 0.456 e. The van der Waals surface area contributed by atoms with Crippen LogP contribution in [0.2, 0.25) is 0 Å². The average Bonchev–Trinajstić information content (AvgIpc) is 3.19. The summed E-state index contributed by atoms with van der Waals surface area (Å²) in [6.45, 7) is 3.46. The van der Waals surface area contributed by atoms with Gasteiger partial charge in [0.05, 0.1) is 22.9 Å². The summed E-state index contributed by atoms with van der Waals surface area (Å²) < 4.78 is 40.2. The summed E-state index contributed by atoms with van der Waals surface area (Å²) in [5.41, 5.74) is 0.704. The zero-order chi connectivity index (χ0) is 23.4. The molecule has 3 heterocycles. The number of carbonyl (C=O) groups is 3. The summed E-state index contributed by atoms with van der Waals surface area (Å²) in [4.78, 5) is 50.1. The summed E-state index contributed by atoms with van der Waals surface area (Å²) in [6.07, 6.45) is -3.37.